The highest BCUT2D eigenvalue weighted by Crippen LogP contribution is 2.25. The number of hydrogen-bond acceptors (Lipinski definition) is 2. The van der Waals surface area contributed by atoms with Gasteiger partial charge in [0.15, 0.2) is 0 Å². The number of rotatable bonds is 2. The fraction of sp³-hybridized carbons (Fsp3) is 0.500. The maximum Gasteiger partial charge on any atom is 0.115 e. The third kappa shape index (κ3) is 1.75. The summed E-state index contributed by atoms with van der Waals surface area (Å²) < 4.78 is 0. The topological polar surface area (TPSA) is 23.5 Å². The molecular weight excluding hydrogens is 174 g/mol. The fourth-order valence-electron chi connectivity index (χ4n) is 2.04. The van der Waals surface area contributed by atoms with Crippen molar-refractivity contribution < 1.29 is 5.11 Å². The molecule has 0 atom stereocenters. The van der Waals surface area contributed by atoms with Gasteiger partial charge in [0, 0.05) is 12.7 Å². The van der Waals surface area contributed by atoms with Crippen LogP contribution in [0, 0.1) is 0 Å². The second-order valence-electron chi connectivity index (χ2n) is 4.00. The number of nitrogens with zero attached hydrogens (tertiary/aromatic N) is 1. The van der Waals surface area contributed by atoms with E-state index in [1.54, 1.807) is 0 Å². The van der Waals surface area contributed by atoms with E-state index >= 15 is 0 Å². The van der Waals surface area contributed by atoms with Gasteiger partial charge in [-0.2, -0.15) is 0 Å². The van der Waals surface area contributed by atoms with E-state index in [1.165, 1.54) is 36.8 Å². The van der Waals surface area contributed by atoms with Crippen LogP contribution in [0.15, 0.2) is 18.2 Å². The molecular formula is C12H17NO. The zero-order valence-corrected chi connectivity index (χ0v) is 8.66. The molecule has 2 heteroatoms. The Bertz CT molecular complexity index is 322. The van der Waals surface area contributed by atoms with Crippen LogP contribution in [0.1, 0.15) is 24.0 Å². The largest absolute Gasteiger partial charge is 0.376 e. The molecule has 1 aliphatic rings. The van der Waals surface area contributed by atoms with Crippen molar-refractivity contribution >= 4 is 5.69 Å². The number of hydrogen-bond donors (Lipinski definition) is 1. The normalized spacial score (nSPS) is 15.0. The summed E-state index contributed by atoms with van der Waals surface area (Å²) in [5, 5.41) is 9.02. The molecule has 0 saturated heterocycles. The second kappa shape index (κ2) is 4.01. The molecule has 0 saturated carbocycles. The highest BCUT2D eigenvalue weighted by Gasteiger charge is 2.10. The lowest BCUT2D eigenvalue weighted by molar-refractivity contribution is 0.298. The Morgan fingerprint density at radius 1 is 1.21 bits per heavy atom. The first-order valence-corrected chi connectivity index (χ1v) is 5.25. The molecule has 0 unspecified atom stereocenters. The Labute approximate surface area is 85.2 Å². The van der Waals surface area contributed by atoms with Crippen LogP contribution < -0.4 is 4.90 Å². The molecule has 1 aliphatic carbocycles. The fourth-order valence-corrected chi connectivity index (χ4v) is 2.04. The van der Waals surface area contributed by atoms with Crippen LogP contribution in [0.5, 0.6) is 0 Å². The van der Waals surface area contributed by atoms with E-state index in [4.69, 9.17) is 5.11 Å². The first kappa shape index (κ1) is 9.53. The third-order valence-corrected chi connectivity index (χ3v) is 2.98. The van der Waals surface area contributed by atoms with Crippen molar-refractivity contribution in [3.05, 3.63) is 29.3 Å². The average molecular weight is 191 g/mol. The van der Waals surface area contributed by atoms with Crippen LogP contribution in [0.2, 0.25) is 0 Å². The quantitative estimate of drug-likeness (QED) is 0.722. The lowest BCUT2D eigenvalue weighted by Gasteiger charge is -2.21. The smallest absolute Gasteiger partial charge is 0.115 e. The first-order valence-electron chi connectivity index (χ1n) is 5.25. The lowest BCUT2D eigenvalue weighted by Crippen LogP contribution is -2.18. The zero-order chi connectivity index (χ0) is 9.97. The van der Waals surface area contributed by atoms with Gasteiger partial charge < -0.3 is 10.0 Å². The van der Waals surface area contributed by atoms with Crippen LogP contribution in [-0.2, 0) is 12.8 Å². The summed E-state index contributed by atoms with van der Waals surface area (Å²) >= 11 is 0. The number of benzene rings is 1. The summed E-state index contributed by atoms with van der Waals surface area (Å²) in [6, 6.07) is 6.51. The monoisotopic (exact) mass is 191 g/mol. The predicted molar refractivity (Wildman–Crippen MR) is 58.6 cm³/mol. The van der Waals surface area contributed by atoms with Crippen LogP contribution in [0.3, 0.4) is 0 Å². The highest BCUT2D eigenvalue weighted by molar-refractivity contribution is 5.50. The zero-order valence-electron chi connectivity index (χ0n) is 8.66. The molecule has 0 amide bonds. The summed E-state index contributed by atoms with van der Waals surface area (Å²) in [4.78, 5) is 1.86. The number of aliphatic hydroxyl groups is 1. The van der Waals surface area contributed by atoms with Gasteiger partial charge in [0.1, 0.15) is 6.73 Å². The van der Waals surface area contributed by atoms with Gasteiger partial charge in [-0.05, 0) is 48.9 Å². The van der Waals surface area contributed by atoms with E-state index in [9.17, 15) is 0 Å². The Morgan fingerprint density at radius 2 is 1.93 bits per heavy atom. The molecule has 2 nitrogen and oxygen atoms in total. The van der Waals surface area contributed by atoms with Crippen molar-refractivity contribution in [3.63, 3.8) is 0 Å². The average Bonchev–Trinajstić information content (AvgIpc) is 2.27. The summed E-state index contributed by atoms with van der Waals surface area (Å²) in [5.74, 6) is 0. The van der Waals surface area contributed by atoms with Crippen molar-refractivity contribution in [3.8, 4) is 0 Å². The Morgan fingerprint density at radius 3 is 2.64 bits per heavy atom. The molecule has 0 radical (unpaired) electrons. The van der Waals surface area contributed by atoms with Crippen LogP contribution in [0.4, 0.5) is 5.69 Å². The molecule has 0 bridgehead atoms. The van der Waals surface area contributed by atoms with E-state index in [0.29, 0.717) is 0 Å². The number of aryl methyl sites for hydroxylation is 2. The maximum absolute atomic E-state index is 9.02. The van der Waals surface area contributed by atoms with Crippen LogP contribution in [-0.4, -0.2) is 18.9 Å². The molecule has 14 heavy (non-hydrogen) atoms. The van der Waals surface area contributed by atoms with E-state index in [1.807, 2.05) is 11.9 Å². The van der Waals surface area contributed by atoms with E-state index < -0.39 is 0 Å². The molecule has 0 aliphatic heterocycles. The molecule has 1 N–H and O–H groups in total. The van der Waals surface area contributed by atoms with Crippen molar-refractivity contribution in [2.45, 2.75) is 25.7 Å². The minimum absolute atomic E-state index is 0.0821. The second-order valence-corrected chi connectivity index (χ2v) is 4.00. The summed E-state index contributed by atoms with van der Waals surface area (Å²) in [5.41, 5.74) is 4.08. The standard InChI is InChI=1S/C12H17NO/c1-13(9-14)12-7-6-10-4-2-3-5-11(10)8-12/h6-8,14H,2-5,9H2,1H3. The van der Waals surface area contributed by atoms with Gasteiger partial charge in [-0.3, -0.25) is 0 Å². The molecule has 0 fully saturated rings. The van der Waals surface area contributed by atoms with E-state index in [2.05, 4.69) is 18.2 Å². The van der Waals surface area contributed by atoms with Gasteiger partial charge in [-0.15, -0.1) is 0 Å². The molecule has 76 valence electrons. The highest BCUT2D eigenvalue weighted by atomic mass is 16.3. The van der Waals surface area contributed by atoms with Gasteiger partial charge in [0.05, 0.1) is 0 Å². The van der Waals surface area contributed by atoms with Gasteiger partial charge in [0.25, 0.3) is 0 Å². The number of aliphatic hydroxyl groups excluding tert-OH is 1. The van der Waals surface area contributed by atoms with Crippen molar-refractivity contribution in [2.75, 3.05) is 18.7 Å². The van der Waals surface area contributed by atoms with Crippen LogP contribution >= 0.6 is 0 Å². The van der Waals surface area contributed by atoms with Gasteiger partial charge in [-0.1, -0.05) is 6.07 Å². The summed E-state index contributed by atoms with van der Waals surface area (Å²) in [7, 11) is 1.91. The predicted octanol–water partition coefficient (Wildman–Crippen LogP) is 1.95. The van der Waals surface area contributed by atoms with Gasteiger partial charge >= 0.3 is 0 Å². The third-order valence-electron chi connectivity index (χ3n) is 2.98. The molecule has 2 rings (SSSR count). The maximum atomic E-state index is 9.02. The lowest BCUT2D eigenvalue weighted by atomic mass is 9.91. The molecule has 0 spiro atoms. The molecule has 0 heterocycles. The molecule has 0 aromatic heterocycles. The molecule has 1 aromatic carbocycles. The summed E-state index contributed by atoms with van der Waals surface area (Å²) in [6.45, 7) is 0.0821. The minimum Gasteiger partial charge on any atom is -0.376 e. The van der Waals surface area contributed by atoms with E-state index in [0.717, 1.165) is 5.69 Å². The number of fused-ring (bicyclic) bond motifs is 1. The van der Waals surface area contributed by atoms with E-state index in [-0.39, 0.29) is 6.73 Å². The Balaban J connectivity index is 2.29. The summed E-state index contributed by atoms with van der Waals surface area (Å²) in [6.07, 6.45) is 5.04. The Hall–Kier alpha value is -1.02. The SMILES string of the molecule is CN(CO)c1ccc2c(c1)CCCC2. The van der Waals surface area contributed by atoms with Gasteiger partial charge in [0.2, 0.25) is 0 Å². The van der Waals surface area contributed by atoms with Crippen molar-refractivity contribution in [2.24, 2.45) is 0 Å². The van der Waals surface area contributed by atoms with Crippen LogP contribution in [0.25, 0.3) is 0 Å². The van der Waals surface area contributed by atoms with Crippen molar-refractivity contribution in [1.29, 1.82) is 0 Å². The first-order chi connectivity index (χ1) is 6.81. The molecule has 1 aromatic rings. The minimum atomic E-state index is 0.0821. The number of anilines is 1. The van der Waals surface area contributed by atoms with Gasteiger partial charge in [-0.25, -0.2) is 0 Å². The van der Waals surface area contributed by atoms with Crippen molar-refractivity contribution in [1.82, 2.24) is 0 Å². The Kier molecular flexibility index (Phi) is 2.73.